The van der Waals surface area contributed by atoms with Crippen molar-refractivity contribution in [2.45, 2.75) is 45.8 Å². The van der Waals surface area contributed by atoms with E-state index in [4.69, 9.17) is 4.74 Å². The molecule has 0 fully saturated rings. The molecule has 0 saturated heterocycles. The monoisotopic (exact) mass is 426 g/mol. The molecular formula is C24H27FN2O4. The fraction of sp³-hybridized carbons (Fsp3) is 0.333. The fourth-order valence-electron chi connectivity index (χ4n) is 3.18. The molecule has 0 aliphatic carbocycles. The quantitative estimate of drug-likeness (QED) is 0.446. The summed E-state index contributed by atoms with van der Waals surface area (Å²) in [5, 5.41) is 24.3. The summed E-state index contributed by atoms with van der Waals surface area (Å²) in [6.45, 7) is 4.71. The number of hydrogen-bond acceptors (Lipinski definition) is 4. The lowest BCUT2D eigenvalue weighted by molar-refractivity contribution is 0.0697. The molecule has 2 N–H and O–H groups in total. The largest absolute Gasteiger partial charge is 0.493 e. The normalized spacial score (nSPS) is 12.0. The van der Waals surface area contributed by atoms with Crippen LogP contribution in [0.2, 0.25) is 0 Å². The zero-order valence-electron chi connectivity index (χ0n) is 17.7. The van der Waals surface area contributed by atoms with Crippen molar-refractivity contribution < 1.29 is 24.1 Å². The molecule has 1 heterocycles. The number of rotatable bonds is 10. The van der Waals surface area contributed by atoms with Crippen molar-refractivity contribution in [3.63, 3.8) is 0 Å². The van der Waals surface area contributed by atoms with E-state index in [0.717, 1.165) is 18.4 Å². The molecule has 0 saturated carbocycles. The lowest BCUT2D eigenvalue weighted by Gasteiger charge is -2.12. The minimum atomic E-state index is -1.04. The first-order chi connectivity index (χ1) is 14.9. The van der Waals surface area contributed by atoms with E-state index in [9.17, 15) is 19.4 Å². The Morgan fingerprint density at radius 2 is 1.90 bits per heavy atom. The maximum Gasteiger partial charge on any atom is 0.335 e. The Morgan fingerprint density at radius 3 is 2.55 bits per heavy atom. The zero-order chi connectivity index (χ0) is 22.4. The van der Waals surface area contributed by atoms with E-state index in [1.54, 1.807) is 28.9 Å². The smallest absolute Gasteiger partial charge is 0.335 e. The summed E-state index contributed by atoms with van der Waals surface area (Å²) in [5.74, 6) is -0.838. The van der Waals surface area contributed by atoms with Crippen LogP contribution in [0.4, 0.5) is 4.39 Å². The maximum absolute atomic E-state index is 13.4. The van der Waals surface area contributed by atoms with Gasteiger partial charge in [-0.2, -0.15) is 5.10 Å². The van der Waals surface area contributed by atoms with Gasteiger partial charge in [-0.1, -0.05) is 20.3 Å². The van der Waals surface area contributed by atoms with Crippen molar-refractivity contribution in [3.8, 4) is 28.3 Å². The Labute approximate surface area is 180 Å². The lowest BCUT2D eigenvalue weighted by atomic mass is 10.1. The molecule has 0 aliphatic rings. The number of benzene rings is 2. The third-order valence-electron chi connectivity index (χ3n) is 5.03. The number of carbonyl (C=O) groups is 1. The van der Waals surface area contributed by atoms with Crippen molar-refractivity contribution >= 4 is 5.97 Å². The maximum atomic E-state index is 13.4. The highest BCUT2D eigenvalue weighted by Crippen LogP contribution is 2.34. The molecule has 7 heteroatoms. The van der Waals surface area contributed by atoms with E-state index in [1.165, 1.54) is 18.2 Å². The van der Waals surface area contributed by atoms with Gasteiger partial charge in [-0.05, 0) is 61.4 Å². The summed E-state index contributed by atoms with van der Waals surface area (Å²) < 4.78 is 21.0. The van der Waals surface area contributed by atoms with E-state index in [2.05, 4.69) is 12.0 Å². The number of halogens is 1. The minimum Gasteiger partial charge on any atom is -0.493 e. The molecule has 1 unspecified atom stereocenters. The molecule has 6 nitrogen and oxygen atoms in total. The second-order valence-corrected chi connectivity index (χ2v) is 7.38. The molecule has 2 aromatic carbocycles. The van der Waals surface area contributed by atoms with Crippen LogP contribution in [0.5, 0.6) is 5.75 Å². The number of aliphatic hydroxyl groups excluding tert-OH is 1. The predicted molar refractivity (Wildman–Crippen MR) is 117 cm³/mol. The number of aliphatic hydroxyl groups is 1. The first-order valence-electron chi connectivity index (χ1n) is 10.4. The number of carboxylic acid groups (broad SMARTS) is 1. The molecular weight excluding hydrogens is 399 g/mol. The molecule has 1 aromatic heterocycles. The van der Waals surface area contributed by atoms with Crippen LogP contribution in [0.25, 0.3) is 22.5 Å². The molecule has 3 rings (SSSR count). The summed E-state index contributed by atoms with van der Waals surface area (Å²) >= 11 is 0. The van der Waals surface area contributed by atoms with E-state index in [-0.39, 0.29) is 17.9 Å². The van der Waals surface area contributed by atoms with E-state index in [0.29, 0.717) is 35.7 Å². The molecule has 164 valence electrons. The van der Waals surface area contributed by atoms with Gasteiger partial charge in [-0.25, -0.2) is 9.18 Å². The average molecular weight is 426 g/mol. The molecule has 0 radical (unpaired) electrons. The van der Waals surface area contributed by atoms with Crippen LogP contribution in [0.1, 0.15) is 43.5 Å². The Kier molecular flexibility index (Phi) is 7.41. The van der Waals surface area contributed by atoms with Gasteiger partial charge in [0.25, 0.3) is 0 Å². The van der Waals surface area contributed by atoms with Gasteiger partial charge >= 0.3 is 5.97 Å². The standard InChI is InChI=1S/C24H27FN2O4/c1-3-5-12-31-23-11-8-17(24(29)30)13-20(23)21-14-22(16-6-9-18(25)10-7-16)27(26-21)15-19(28)4-2/h6-11,13-14,19,28H,3-5,12,15H2,1-2H3,(H,29,30). The van der Waals surface area contributed by atoms with Crippen LogP contribution < -0.4 is 4.74 Å². The van der Waals surface area contributed by atoms with Gasteiger partial charge in [0.05, 0.1) is 36.2 Å². The van der Waals surface area contributed by atoms with Crippen molar-refractivity contribution in [1.82, 2.24) is 9.78 Å². The van der Waals surface area contributed by atoms with Gasteiger partial charge in [0.1, 0.15) is 11.6 Å². The van der Waals surface area contributed by atoms with Gasteiger partial charge in [0.15, 0.2) is 0 Å². The number of aromatic nitrogens is 2. The van der Waals surface area contributed by atoms with Crippen molar-refractivity contribution in [2.24, 2.45) is 0 Å². The molecule has 0 spiro atoms. The van der Waals surface area contributed by atoms with Gasteiger partial charge in [-0.15, -0.1) is 0 Å². The van der Waals surface area contributed by atoms with Crippen LogP contribution in [-0.4, -0.2) is 38.7 Å². The van der Waals surface area contributed by atoms with Crippen molar-refractivity contribution in [2.75, 3.05) is 6.61 Å². The summed E-state index contributed by atoms with van der Waals surface area (Å²) in [4.78, 5) is 11.5. The van der Waals surface area contributed by atoms with Crippen LogP contribution in [0, 0.1) is 5.82 Å². The average Bonchev–Trinajstić information content (AvgIpc) is 3.17. The highest BCUT2D eigenvalue weighted by molar-refractivity contribution is 5.90. The van der Waals surface area contributed by atoms with Crippen LogP contribution >= 0.6 is 0 Å². The predicted octanol–water partition coefficient (Wildman–Crippen LogP) is 5.00. The number of hydrogen-bond donors (Lipinski definition) is 2. The van der Waals surface area contributed by atoms with E-state index < -0.39 is 12.1 Å². The molecule has 0 bridgehead atoms. The van der Waals surface area contributed by atoms with Gasteiger partial charge < -0.3 is 14.9 Å². The topological polar surface area (TPSA) is 84.6 Å². The number of nitrogens with zero attached hydrogens (tertiary/aromatic N) is 2. The second kappa shape index (κ2) is 10.2. The number of unbranched alkanes of at least 4 members (excludes halogenated alkanes) is 1. The van der Waals surface area contributed by atoms with Gasteiger partial charge in [0, 0.05) is 11.1 Å². The Bertz CT molecular complexity index is 1030. The Hall–Kier alpha value is -3.19. The summed E-state index contributed by atoms with van der Waals surface area (Å²) in [7, 11) is 0. The van der Waals surface area contributed by atoms with Crippen molar-refractivity contribution in [3.05, 3.63) is 59.9 Å². The Balaban J connectivity index is 2.10. The Morgan fingerprint density at radius 1 is 1.16 bits per heavy atom. The first kappa shape index (κ1) is 22.5. The second-order valence-electron chi connectivity index (χ2n) is 7.38. The first-order valence-corrected chi connectivity index (χ1v) is 10.4. The fourth-order valence-corrected chi connectivity index (χ4v) is 3.18. The van der Waals surface area contributed by atoms with Crippen LogP contribution in [0.15, 0.2) is 48.5 Å². The highest BCUT2D eigenvalue weighted by atomic mass is 19.1. The van der Waals surface area contributed by atoms with Gasteiger partial charge in [-0.3, -0.25) is 4.68 Å². The molecule has 31 heavy (non-hydrogen) atoms. The number of carboxylic acids is 1. The van der Waals surface area contributed by atoms with Crippen molar-refractivity contribution in [1.29, 1.82) is 0 Å². The minimum absolute atomic E-state index is 0.129. The van der Waals surface area contributed by atoms with Crippen LogP contribution in [0.3, 0.4) is 0 Å². The van der Waals surface area contributed by atoms with Gasteiger partial charge in [0.2, 0.25) is 0 Å². The summed E-state index contributed by atoms with van der Waals surface area (Å²) in [6, 6.07) is 12.5. The highest BCUT2D eigenvalue weighted by Gasteiger charge is 2.18. The van der Waals surface area contributed by atoms with Crippen LogP contribution in [-0.2, 0) is 6.54 Å². The third-order valence-corrected chi connectivity index (χ3v) is 5.03. The number of aromatic carboxylic acids is 1. The molecule has 0 amide bonds. The third kappa shape index (κ3) is 5.49. The van der Waals surface area contributed by atoms with E-state index >= 15 is 0 Å². The SMILES string of the molecule is CCCCOc1ccc(C(=O)O)cc1-c1cc(-c2ccc(F)cc2)n(CC(O)CC)n1. The molecule has 3 aromatic rings. The number of ether oxygens (including phenoxy) is 1. The lowest BCUT2D eigenvalue weighted by Crippen LogP contribution is -2.16. The molecule has 0 aliphatic heterocycles. The zero-order valence-corrected chi connectivity index (χ0v) is 17.7. The summed E-state index contributed by atoms with van der Waals surface area (Å²) in [6.07, 6.45) is 1.80. The van der Waals surface area contributed by atoms with E-state index in [1.807, 2.05) is 13.0 Å². The molecule has 1 atom stereocenters. The summed E-state index contributed by atoms with van der Waals surface area (Å²) in [5.41, 5.74) is 2.65.